The monoisotopic (exact) mass is 439 g/mol. The molecule has 1 unspecified atom stereocenters. The van der Waals surface area contributed by atoms with Gasteiger partial charge in [0, 0.05) is 56.6 Å². The zero-order valence-corrected chi connectivity index (χ0v) is 18.6. The first kappa shape index (κ1) is 22.3. The summed E-state index contributed by atoms with van der Waals surface area (Å²) < 4.78 is 19.6. The molecule has 2 aromatic carbocycles. The molecule has 1 heterocycles. The molecule has 4 rings (SSSR count). The van der Waals surface area contributed by atoms with Gasteiger partial charge in [0.25, 0.3) is 5.91 Å². The molecule has 0 spiro atoms. The Kier molecular flexibility index (Phi) is 6.74. The van der Waals surface area contributed by atoms with Crippen LogP contribution in [-0.2, 0) is 16.1 Å². The van der Waals surface area contributed by atoms with E-state index < -0.39 is 5.82 Å². The smallest absolute Gasteiger partial charge is 0.254 e. The van der Waals surface area contributed by atoms with Crippen LogP contribution in [0.3, 0.4) is 0 Å². The summed E-state index contributed by atoms with van der Waals surface area (Å²) in [7, 11) is 3.89. The average molecular weight is 440 g/mol. The Morgan fingerprint density at radius 2 is 1.94 bits per heavy atom. The summed E-state index contributed by atoms with van der Waals surface area (Å²) in [4.78, 5) is 29.3. The van der Waals surface area contributed by atoms with Crippen molar-refractivity contribution in [2.24, 2.45) is 5.92 Å². The quantitative estimate of drug-likeness (QED) is 0.674. The van der Waals surface area contributed by atoms with Crippen LogP contribution in [0.25, 0.3) is 0 Å². The van der Waals surface area contributed by atoms with Crippen molar-refractivity contribution < 1.29 is 18.7 Å². The molecule has 2 aliphatic rings. The Balaban J connectivity index is 1.61. The molecule has 170 valence electrons. The summed E-state index contributed by atoms with van der Waals surface area (Å²) in [6.07, 6.45) is 3.70. The second-order valence-corrected chi connectivity index (χ2v) is 8.83. The molecule has 2 amide bonds. The van der Waals surface area contributed by atoms with Gasteiger partial charge < -0.3 is 19.9 Å². The largest absolute Gasteiger partial charge is 0.377 e. The van der Waals surface area contributed by atoms with Crippen LogP contribution >= 0.6 is 0 Å². The van der Waals surface area contributed by atoms with E-state index >= 15 is 0 Å². The Bertz CT molecular complexity index is 984. The summed E-state index contributed by atoms with van der Waals surface area (Å²) in [5, 5.41) is 2.99. The van der Waals surface area contributed by atoms with Crippen molar-refractivity contribution in [3.8, 4) is 0 Å². The highest BCUT2D eigenvalue weighted by Crippen LogP contribution is 2.31. The van der Waals surface area contributed by atoms with E-state index in [-0.39, 0.29) is 23.8 Å². The molecule has 2 aromatic rings. The first-order chi connectivity index (χ1) is 15.4. The lowest BCUT2D eigenvalue weighted by atomic mass is 10.1. The third-order valence-electron chi connectivity index (χ3n) is 5.94. The summed E-state index contributed by atoms with van der Waals surface area (Å²) >= 11 is 0. The number of carbonyl (C=O) groups excluding carboxylic acids is 2. The van der Waals surface area contributed by atoms with Gasteiger partial charge in [-0.1, -0.05) is 6.07 Å². The summed E-state index contributed by atoms with van der Waals surface area (Å²) in [6.45, 7) is 1.45. The van der Waals surface area contributed by atoms with Crippen molar-refractivity contribution >= 4 is 23.2 Å². The molecular weight excluding hydrogens is 409 g/mol. The molecule has 1 N–H and O–H groups in total. The molecule has 1 aliphatic heterocycles. The number of carbonyl (C=O) groups is 2. The van der Waals surface area contributed by atoms with Crippen molar-refractivity contribution in [3.05, 3.63) is 59.4 Å². The van der Waals surface area contributed by atoms with Gasteiger partial charge in [0.15, 0.2) is 0 Å². The number of amides is 2. The van der Waals surface area contributed by atoms with Crippen LogP contribution < -0.4 is 10.2 Å². The van der Waals surface area contributed by atoms with Crippen LogP contribution in [0.4, 0.5) is 15.8 Å². The third-order valence-corrected chi connectivity index (χ3v) is 5.94. The maximum Gasteiger partial charge on any atom is 0.254 e. The molecule has 0 bridgehead atoms. The van der Waals surface area contributed by atoms with Crippen molar-refractivity contribution in [2.75, 3.05) is 37.5 Å². The lowest BCUT2D eigenvalue weighted by molar-refractivity contribution is -0.117. The van der Waals surface area contributed by atoms with Gasteiger partial charge in [-0.05, 0) is 67.6 Å². The summed E-state index contributed by atoms with van der Waals surface area (Å²) in [5.74, 6) is -0.526. The van der Waals surface area contributed by atoms with E-state index in [1.807, 2.05) is 37.2 Å². The maximum absolute atomic E-state index is 13.8. The number of halogens is 1. The highest BCUT2D eigenvalue weighted by atomic mass is 19.1. The highest BCUT2D eigenvalue weighted by molar-refractivity contribution is 5.95. The molecule has 0 aromatic heterocycles. The van der Waals surface area contributed by atoms with Crippen LogP contribution in [0, 0.1) is 11.7 Å². The molecule has 0 radical (unpaired) electrons. The van der Waals surface area contributed by atoms with Gasteiger partial charge in [0.2, 0.25) is 5.91 Å². The van der Waals surface area contributed by atoms with Crippen molar-refractivity contribution in [1.29, 1.82) is 0 Å². The molecule has 1 saturated carbocycles. The van der Waals surface area contributed by atoms with Gasteiger partial charge in [-0.15, -0.1) is 0 Å². The molecule has 32 heavy (non-hydrogen) atoms. The molecular formula is C25H30FN3O3. The Labute approximate surface area is 188 Å². The van der Waals surface area contributed by atoms with E-state index in [2.05, 4.69) is 5.32 Å². The van der Waals surface area contributed by atoms with Crippen molar-refractivity contribution in [2.45, 2.75) is 38.3 Å². The van der Waals surface area contributed by atoms with E-state index in [1.165, 1.54) is 12.1 Å². The molecule has 1 aliphatic carbocycles. The predicted octanol–water partition coefficient (Wildman–Crippen LogP) is 4.06. The SMILES string of the molecule is CN(C)c1ccc(NC(=O)C2CC2)cc1CN(CC1CCCO1)C(=O)c1cccc(F)c1. The number of nitrogens with one attached hydrogen (secondary N) is 1. The number of rotatable bonds is 8. The Hall–Kier alpha value is -2.93. The van der Waals surface area contributed by atoms with E-state index in [9.17, 15) is 14.0 Å². The van der Waals surface area contributed by atoms with E-state index in [0.29, 0.717) is 25.3 Å². The van der Waals surface area contributed by atoms with Crippen LogP contribution in [0.1, 0.15) is 41.6 Å². The van der Waals surface area contributed by atoms with E-state index in [0.717, 1.165) is 42.6 Å². The number of anilines is 2. The van der Waals surface area contributed by atoms with Crippen LogP contribution in [0.15, 0.2) is 42.5 Å². The van der Waals surface area contributed by atoms with Gasteiger partial charge in [-0.3, -0.25) is 9.59 Å². The molecule has 2 fully saturated rings. The fourth-order valence-corrected chi connectivity index (χ4v) is 4.08. The fourth-order valence-electron chi connectivity index (χ4n) is 4.08. The first-order valence-electron chi connectivity index (χ1n) is 11.2. The summed E-state index contributed by atoms with van der Waals surface area (Å²) in [6, 6.07) is 11.5. The molecule has 1 saturated heterocycles. The standard InChI is InChI=1S/C25H30FN3O3/c1-28(2)23-11-10-21(27-24(30)17-8-9-17)14-19(23)15-29(16-22-7-4-12-32-22)25(31)18-5-3-6-20(26)13-18/h3,5-6,10-11,13-14,17,22H,4,7-9,12,15-16H2,1-2H3,(H,27,30). The van der Waals surface area contributed by atoms with Gasteiger partial charge in [0.1, 0.15) is 5.82 Å². The number of ether oxygens (including phenoxy) is 1. The highest BCUT2D eigenvalue weighted by Gasteiger charge is 2.30. The second-order valence-electron chi connectivity index (χ2n) is 8.83. The van der Waals surface area contributed by atoms with Gasteiger partial charge in [0.05, 0.1) is 6.10 Å². The molecule has 6 nitrogen and oxygen atoms in total. The second kappa shape index (κ2) is 9.69. The third kappa shape index (κ3) is 5.46. The lowest BCUT2D eigenvalue weighted by Gasteiger charge is -2.28. The zero-order chi connectivity index (χ0) is 22.7. The predicted molar refractivity (Wildman–Crippen MR) is 122 cm³/mol. The first-order valence-corrected chi connectivity index (χ1v) is 11.2. The minimum absolute atomic E-state index is 0.0342. The number of hydrogen-bond donors (Lipinski definition) is 1. The Morgan fingerprint density at radius 3 is 2.59 bits per heavy atom. The van der Waals surface area contributed by atoms with Gasteiger partial charge in [-0.2, -0.15) is 0 Å². The zero-order valence-electron chi connectivity index (χ0n) is 18.6. The number of benzene rings is 2. The molecule has 1 atom stereocenters. The van der Waals surface area contributed by atoms with Crippen molar-refractivity contribution in [1.82, 2.24) is 4.90 Å². The Morgan fingerprint density at radius 1 is 1.12 bits per heavy atom. The van der Waals surface area contributed by atoms with Crippen LogP contribution in [0.5, 0.6) is 0 Å². The number of nitrogens with zero attached hydrogens (tertiary/aromatic N) is 2. The summed E-state index contributed by atoms with van der Waals surface area (Å²) in [5.41, 5.74) is 2.90. The molecule has 7 heteroatoms. The minimum atomic E-state index is -0.438. The van der Waals surface area contributed by atoms with Gasteiger partial charge >= 0.3 is 0 Å². The fraction of sp³-hybridized carbons (Fsp3) is 0.440. The average Bonchev–Trinajstić information content (AvgIpc) is 3.50. The normalized spacial score (nSPS) is 17.8. The van der Waals surface area contributed by atoms with E-state index in [4.69, 9.17) is 4.74 Å². The van der Waals surface area contributed by atoms with Crippen LogP contribution in [0.2, 0.25) is 0 Å². The lowest BCUT2D eigenvalue weighted by Crippen LogP contribution is -2.37. The maximum atomic E-state index is 13.8. The van der Waals surface area contributed by atoms with Gasteiger partial charge in [-0.25, -0.2) is 4.39 Å². The van der Waals surface area contributed by atoms with Crippen LogP contribution in [-0.4, -0.2) is 50.1 Å². The number of hydrogen-bond acceptors (Lipinski definition) is 4. The van der Waals surface area contributed by atoms with E-state index in [1.54, 1.807) is 17.0 Å². The minimum Gasteiger partial charge on any atom is -0.377 e. The van der Waals surface area contributed by atoms with Crippen molar-refractivity contribution in [3.63, 3.8) is 0 Å². The topological polar surface area (TPSA) is 61.9 Å².